The maximum absolute atomic E-state index is 12.4. The molecule has 0 heterocycles. The first-order chi connectivity index (χ1) is 15.8. The van der Waals surface area contributed by atoms with Crippen LogP contribution in [-0.2, 0) is 14.3 Å². The number of thioether (sulfide) groups is 1. The number of ketones is 1. The first kappa shape index (κ1) is 31.3. The SMILES string of the molecule is CCOC(=O)CCCCCCC1C(=O)CCC1SCC(C)(O)C(C)(C)CCCCCC(F)(F)F. The molecule has 1 fully saturated rings. The smallest absolute Gasteiger partial charge is 0.389 e. The highest BCUT2D eigenvalue weighted by Gasteiger charge is 2.41. The molecule has 1 saturated carbocycles. The van der Waals surface area contributed by atoms with Crippen LogP contribution in [0.3, 0.4) is 0 Å². The molecule has 0 aromatic rings. The van der Waals surface area contributed by atoms with E-state index in [0.717, 1.165) is 38.5 Å². The van der Waals surface area contributed by atoms with E-state index in [1.807, 2.05) is 20.8 Å². The lowest BCUT2D eigenvalue weighted by molar-refractivity contribution is -0.143. The Bertz CT molecular complexity index is 620. The first-order valence-electron chi connectivity index (χ1n) is 12.9. The molecule has 1 rings (SSSR count). The summed E-state index contributed by atoms with van der Waals surface area (Å²) in [6, 6.07) is 0. The van der Waals surface area contributed by atoms with Crippen LogP contribution in [0.4, 0.5) is 13.2 Å². The second-order valence-electron chi connectivity index (χ2n) is 10.6. The number of halogens is 3. The van der Waals surface area contributed by atoms with E-state index in [-0.39, 0.29) is 23.6 Å². The Balaban J connectivity index is 2.38. The maximum Gasteiger partial charge on any atom is 0.389 e. The minimum atomic E-state index is -4.10. The highest BCUT2D eigenvalue weighted by Crippen LogP contribution is 2.43. The van der Waals surface area contributed by atoms with Gasteiger partial charge in [0.25, 0.3) is 0 Å². The lowest BCUT2D eigenvalue weighted by Gasteiger charge is -2.41. The minimum Gasteiger partial charge on any atom is -0.466 e. The molecule has 0 saturated heterocycles. The summed E-state index contributed by atoms with van der Waals surface area (Å²) in [5.41, 5.74) is -1.39. The van der Waals surface area contributed by atoms with Crippen LogP contribution in [0.25, 0.3) is 0 Å². The summed E-state index contributed by atoms with van der Waals surface area (Å²) >= 11 is 1.67. The van der Waals surface area contributed by atoms with Gasteiger partial charge < -0.3 is 9.84 Å². The number of unbranched alkanes of at least 4 members (excludes halogenated alkanes) is 5. The van der Waals surface area contributed by atoms with Gasteiger partial charge in [-0.2, -0.15) is 24.9 Å². The molecule has 0 radical (unpaired) electrons. The first-order valence-corrected chi connectivity index (χ1v) is 13.9. The van der Waals surface area contributed by atoms with Crippen molar-refractivity contribution in [1.82, 2.24) is 0 Å². The van der Waals surface area contributed by atoms with Gasteiger partial charge >= 0.3 is 12.1 Å². The summed E-state index contributed by atoms with van der Waals surface area (Å²) in [6.45, 7) is 7.97. The highest BCUT2D eigenvalue weighted by molar-refractivity contribution is 8.00. The van der Waals surface area contributed by atoms with Gasteiger partial charge in [-0.3, -0.25) is 9.59 Å². The molecule has 34 heavy (non-hydrogen) atoms. The molecule has 3 unspecified atom stereocenters. The predicted molar refractivity (Wildman–Crippen MR) is 132 cm³/mol. The lowest BCUT2D eigenvalue weighted by Crippen LogP contribution is -2.44. The summed E-state index contributed by atoms with van der Waals surface area (Å²) < 4.78 is 41.9. The van der Waals surface area contributed by atoms with Crippen LogP contribution < -0.4 is 0 Å². The van der Waals surface area contributed by atoms with Gasteiger partial charge in [0.05, 0.1) is 12.2 Å². The summed E-state index contributed by atoms with van der Waals surface area (Å²) in [5, 5.41) is 11.4. The Kier molecular flexibility index (Phi) is 13.5. The molecule has 8 heteroatoms. The average molecular weight is 511 g/mol. The van der Waals surface area contributed by atoms with Crippen molar-refractivity contribution in [2.45, 2.75) is 128 Å². The van der Waals surface area contributed by atoms with E-state index >= 15 is 0 Å². The number of alkyl halides is 3. The molecular formula is C26H45F3O4S. The van der Waals surface area contributed by atoms with Gasteiger partial charge in [0.2, 0.25) is 0 Å². The van der Waals surface area contributed by atoms with Crippen LogP contribution in [0, 0.1) is 11.3 Å². The van der Waals surface area contributed by atoms with E-state index in [2.05, 4.69) is 0 Å². The van der Waals surface area contributed by atoms with Crippen molar-refractivity contribution in [1.29, 1.82) is 0 Å². The maximum atomic E-state index is 12.4. The summed E-state index contributed by atoms with van der Waals surface area (Å²) in [6.07, 6.45) is 3.53. The number of rotatable bonds is 17. The second-order valence-corrected chi connectivity index (χ2v) is 11.8. The fourth-order valence-corrected chi connectivity index (χ4v) is 6.18. The number of esters is 1. The number of hydrogen-bond acceptors (Lipinski definition) is 5. The van der Waals surface area contributed by atoms with Gasteiger partial charge in [-0.25, -0.2) is 0 Å². The standard InChI is InChI=1S/C26H45F3O4S/c1-5-33-23(31)14-10-7-6-9-13-20-21(30)15-16-22(20)34-19-25(4,32)24(2,3)17-11-8-12-18-26(27,28)29/h20,22,32H,5-19H2,1-4H3. The van der Waals surface area contributed by atoms with Gasteiger partial charge in [0.15, 0.2) is 0 Å². The Morgan fingerprint density at radius 3 is 2.29 bits per heavy atom. The van der Waals surface area contributed by atoms with Crippen molar-refractivity contribution in [3.63, 3.8) is 0 Å². The zero-order valence-electron chi connectivity index (χ0n) is 21.5. The number of ether oxygens (including phenoxy) is 1. The van der Waals surface area contributed by atoms with Crippen molar-refractivity contribution in [2.75, 3.05) is 12.4 Å². The molecule has 0 aromatic carbocycles. The van der Waals surface area contributed by atoms with Crippen LogP contribution in [0.2, 0.25) is 0 Å². The molecule has 1 N–H and O–H groups in total. The van der Waals surface area contributed by atoms with E-state index in [4.69, 9.17) is 4.74 Å². The summed E-state index contributed by atoms with van der Waals surface area (Å²) in [5.74, 6) is 0.696. The van der Waals surface area contributed by atoms with E-state index in [1.54, 1.807) is 18.7 Å². The summed E-state index contributed by atoms with van der Waals surface area (Å²) in [7, 11) is 0. The number of carbonyl (C=O) groups is 2. The second kappa shape index (κ2) is 14.7. The van der Waals surface area contributed by atoms with E-state index in [1.165, 1.54) is 0 Å². The van der Waals surface area contributed by atoms with E-state index in [9.17, 15) is 27.9 Å². The molecule has 0 bridgehead atoms. The zero-order valence-corrected chi connectivity index (χ0v) is 22.3. The normalized spacial score (nSPS) is 21.0. The topological polar surface area (TPSA) is 63.6 Å². The Hall–Kier alpha value is -0.760. The summed E-state index contributed by atoms with van der Waals surface area (Å²) in [4.78, 5) is 23.8. The molecule has 3 atom stereocenters. The Morgan fingerprint density at radius 1 is 1.03 bits per heavy atom. The number of Topliss-reactive ketones (excluding diaryl/α,β-unsaturated/α-hetero) is 1. The number of hydrogen-bond donors (Lipinski definition) is 1. The molecule has 0 aromatic heterocycles. The highest BCUT2D eigenvalue weighted by atomic mass is 32.2. The van der Waals surface area contributed by atoms with Crippen molar-refractivity contribution in [3.8, 4) is 0 Å². The molecule has 4 nitrogen and oxygen atoms in total. The molecule has 0 spiro atoms. The largest absolute Gasteiger partial charge is 0.466 e. The van der Waals surface area contributed by atoms with Crippen molar-refractivity contribution in [2.24, 2.45) is 11.3 Å². The van der Waals surface area contributed by atoms with E-state index in [0.29, 0.717) is 50.2 Å². The zero-order chi connectivity index (χ0) is 25.8. The van der Waals surface area contributed by atoms with Crippen LogP contribution in [-0.4, -0.2) is 46.2 Å². The fourth-order valence-electron chi connectivity index (χ4n) is 4.45. The van der Waals surface area contributed by atoms with Crippen LogP contribution in [0.1, 0.15) is 111 Å². The van der Waals surface area contributed by atoms with Gasteiger partial charge in [-0.15, -0.1) is 0 Å². The van der Waals surface area contributed by atoms with Gasteiger partial charge in [0.1, 0.15) is 5.78 Å². The quantitative estimate of drug-likeness (QED) is 0.165. The van der Waals surface area contributed by atoms with E-state index < -0.39 is 23.6 Å². The molecule has 200 valence electrons. The van der Waals surface area contributed by atoms with Crippen molar-refractivity contribution < 1.29 is 32.6 Å². The molecule has 0 aliphatic heterocycles. The van der Waals surface area contributed by atoms with Crippen molar-refractivity contribution in [3.05, 3.63) is 0 Å². The molecule has 0 amide bonds. The Morgan fingerprint density at radius 2 is 1.65 bits per heavy atom. The predicted octanol–water partition coefficient (Wildman–Crippen LogP) is 7.26. The third-order valence-electron chi connectivity index (χ3n) is 7.29. The monoisotopic (exact) mass is 510 g/mol. The molecule has 1 aliphatic carbocycles. The van der Waals surface area contributed by atoms with Crippen molar-refractivity contribution >= 4 is 23.5 Å². The molecule has 1 aliphatic rings. The van der Waals surface area contributed by atoms with Crippen LogP contribution >= 0.6 is 11.8 Å². The van der Waals surface area contributed by atoms with Gasteiger partial charge in [-0.1, -0.05) is 46.0 Å². The number of carbonyl (C=O) groups excluding carboxylic acids is 2. The number of aliphatic hydroxyl groups is 1. The third kappa shape index (κ3) is 11.8. The van der Waals surface area contributed by atoms with Gasteiger partial charge in [-0.05, 0) is 51.4 Å². The molecular weight excluding hydrogens is 465 g/mol. The average Bonchev–Trinajstić information content (AvgIpc) is 3.07. The minimum absolute atomic E-state index is 0.0244. The lowest BCUT2D eigenvalue weighted by atomic mass is 9.73. The Labute approximate surface area is 208 Å². The van der Waals surface area contributed by atoms with Crippen LogP contribution in [0.5, 0.6) is 0 Å². The fraction of sp³-hybridized carbons (Fsp3) is 0.923. The third-order valence-corrected chi connectivity index (χ3v) is 9.01. The van der Waals surface area contributed by atoms with Gasteiger partial charge in [0, 0.05) is 36.2 Å². The van der Waals surface area contributed by atoms with Crippen LogP contribution in [0.15, 0.2) is 0 Å².